The van der Waals surface area contributed by atoms with Crippen molar-refractivity contribution in [2.24, 2.45) is 0 Å². The van der Waals surface area contributed by atoms with Gasteiger partial charge in [-0.2, -0.15) is 0 Å². The summed E-state index contributed by atoms with van der Waals surface area (Å²) in [6.45, 7) is 8.46. The highest BCUT2D eigenvalue weighted by Crippen LogP contribution is 2.17. The molecule has 0 aliphatic carbocycles. The Morgan fingerprint density at radius 1 is 1.23 bits per heavy atom. The van der Waals surface area contributed by atoms with E-state index in [9.17, 15) is 9.59 Å². The van der Waals surface area contributed by atoms with Gasteiger partial charge < -0.3 is 9.80 Å². The molecule has 1 fully saturated rings. The van der Waals surface area contributed by atoms with Crippen molar-refractivity contribution in [1.82, 2.24) is 14.3 Å². The molecule has 116 valence electrons. The average molecular weight is 300 g/mol. The predicted octanol–water partition coefficient (Wildman–Crippen LogP) is 0.957. The molecular formula is C16H20N4O2. The molecule has 6 heteroatoms. The third kappa shape index (κ3) is 2.50. The van der Waals surface area contributed by atoms with Crippen LogP contribution in [0.1, 0.15) is 22.8 Å². The van der Waals surface area contributed by atoms with Crippen LogP contribution >= 0.6 is 0 Å². The Kier molecular flexibility index (Phi) is 3.94. The van der Waals surface area contributed by atoms with Crippen LogP contribution in [0, 0.1) is 6.92 Å². The number of hydrogen-bond donors (Lipinski definition) is 0. The van der Waals surface area contributed by atoms with Gasteiger partial charge in [0.25, 0.3) is 5.56 Å². The SMILES string of the molecule is CCN1CCN(c2nc3ccc(C)cn3c(=O)c2C=O)CC1. The van der Waals surface area contributed by atoms with E-state index in [1.54, 1.807) is 6.20 Å². The second-order valence-corrected chi connectivity index (χ2v) is 5.63. The number of carbonyl (C=O) groups is 1. The molecule has 0 aromatic carbocycles. The first-order chi connectivity index (χ1) is 10.6. The first-order valence-corrected chi connectivity index (χ1v) is 7.59. The standard InChI is InChI=1S/C16H20N4O2/c1-3-18-6-8-19(9-7-18)15-13(11-21)16(22)20-10-12(2)4-5-14(20)17-15/h4-5,10-11H,3,6-9H2,1-2H3. The highest BCUT2D eigenvalue weighted by molar-refractivity contribution is 5.83. The average Bonchev–Trinajstić information content (AvgIpc) is 2.55. The quantitative estimate of drug-likeness (QED) is 0.790. The van der Waals surface area contributed by atoms with E-state index in [0.717, 1.165) is 38.3 Å². The van der Waals surface area contributed by atoms with Crippen LogP contribution in [0.2, 0.25) is 0 Å². The molecule has 2 aromatic rings. The Morgan fingerprint density at radius 3 is 2.59 bits per heavy atom. The fraction of sp³-hybridized carbons (Fsp3) is 0.438. The summed E-state index contributed by atoms with van der Waals surface area (Å²) in [7, 11) is 0. The molecule has 0 amide bonds. The Balaban J connectivity index is 2.08. The lowest BCUT2D eigenvalue weighted by Gasteiger charge is -2.35. The molecule has 3 rings (SSSR count). The van der Waals surface area contributed by atoms with Crippen molar-refractivity contribution < 1.29 is 4.79 Å². The lowest BCUT2D eigenvalue weighted by molar-refractivity contribution is 0.112. The highest BCUT2D eigenvalue weighted by atomic mass is 16.1. The van der Waals surface area contributed by atoms with Crippen LogP contribution < -0.4 is 10.5 Å². The van der Waals surface area contributed by atoms with Gasteiger partial charge in [0.1, 0.15) is 17.0 Å². The molecular weight excluding hydrogens is 280 g/mol. The molecule has 0 radical (unpaired) electrons. The summed E-state index contributed by atoms with van der Waals surface area (Å²) < 4.78 is 1.45. The second kappa shape index (κ2) is 5.88. The topological polar surface area (TPSA) is 57.9 Å². The first-order valence-electron chi connectivity index (χ1n) is 7.59. The molecule has 3 heterocycles. The number of hydrogen-bond acceptors (Lipinski definition) is 5. The summed E-state index contributed by atoms with van der Waals surface area (Å²) in [5, 5.41) is 0. The van der Waals surface area contributed by atoms with Crippen molar-refractivity contribution in [3.8, 4) is 0 Å². The lowest BCUT2D eigenvalue weighted by Crippen LogP contribution is -2.47. The third-order valence-electron chi connectivity index (χ3n) is 4.22. The molecule has 0 saturated carbocycles. The maximum Gasteiger partial charge on any atom is 0.270 e. The molecule has 1 aliphatic heterocycles. The summed E-state index contributed by atoms with van der Waals surface area (Å²) in [4.78, 5) is 32.9. The minimum Gasteiger partial charge on any atom is -0.353 e. The molecule has 22 heavy (non-hydrogen) atoms. The van der Waals surface area contributed by atoms with E-state index in [4.69, 9.17) is 0 Å². The number of fused-ring (bicyclic) bond motifs is 1. The largest absolute Gasteiger partial charge is 0.353 e. The number of aromatic nitrogens is 2. The van der Waals surface area contributed by atoms with Crippen molar-refractivity contribution in [3.63, 3.8) is 0 Å². The van der Waals surface area contributed by atoms with Crippen LogP contribution in [0.25, 0.3) is 5.65 Å². The van der Waals surface area contributed by atoms with Gasteiger partial charge >= 0.3 is 0 Å². The monoisotopic (exact) mass is 300 g/mol. The zero-order valence-corrected chi connectivity index (χ0v) is 13.0. The van der Waals surface area contributed by atoms with Crippen LogP contribution in [-0.2, 0) is 0 Å². The van der Waals surface area contributed by atoms with Gasteiger partial charge in [0, 0.05) is 32.4 Å². The predicted molar refractivity (Wildman–Crippen MR) is 85.9 cm³/mol. The van der Waals surface area contributed by atoms with Crippen LogP contribution in [0.3, 0.4) is 0 Å². The van der Waals surface area contributed by atoms with E-state index in [2.05, 4.69) is 16.8 Å². The van der Waals surface area contributed by atoms with E-state index in [-0.39, 0.29) is 11.1 Å². The molecule has 2 aromatic heterocycles. The van der Waals surface area contributed by atoms with Crippen molar-refractivity contribution in [3.05, 3.63) is 39.8 Å². The number of carbonyl (C=O) groups excluding carboxylic acids is 1. The smallest absolute Gasteiger partial charge is 0.270 e. The number of anilines is 1. The van der Waals surface area contributed by atoms with E-state index in [1.807, 2.05) is 24.0 Å². The number of nitrogens with zero attached hydrogens (tertiary/aromatic N) is 4. The highest BCUT2D eigenvalue weighted by Gasteiger charge is 2.22. The summed E-state index contributed by atoms with van der Waals surface area (Å²) in [6, 6.07) is 3.73. The Bertz CT molecular complexity index is 761. The molecule has 0 atom stereocenters. The van der Waals surface area contributed by atoms with E-state index in [1.165, 1.54) is 4.40 Å². The van der Waals surface area contributed by atoms with Crippen LogP contribution in [0.4, 0.5) is 5.82 Å². The maximum absolute atomic E-state index is 12.6. The van der Waals surface area contributed by atoms with E-state index >= 15 is 0 Å². The van der Waals surface area contributed by atoms with Gasteiger partial charge in [0.15, 0.2) is 6.29 Å². The number of likely N-dealkylation sites (N-methyl/N-ethyl adjacent to an activating group) is 1. The molecule has 0 N–H and O–H groups in total. The minimum atomic E-state index is -0.295. The number of aldehydes is 1. The zero-order valence-electron chi connectivity index (χ0n) is 13.0. The van der Waals surface area contributed by atoms with E-state index in [0.29, 0.717) is 17.8 Å². The van der Waals surface area contributed by atoms with Gasteiger partial charge in [-0.1, -0.05) is 13.0 Å². The van der Waals surface area contributed by atoms with Crippen molar-refractivity contribution >= 4 is 17.8 Å². The molecule has 0 bridgehead atoms. The van der Waals surface area contributed by atoms with Crippen LogP contribution in [0.15, 0.2) is 23.1 Å². The molecule has 1 aliphatic rings. The molecule has 1 saturated heterocycles. The number of piperazine rings is 1. The molecule has 0 unspecified atom stereocenters. The van der Waals surface area contributed by atoms with Gasteiger partial charge in [0.2, 0.25) is 0 Å². The van der Waals surface area contributed by atoms with Gasteiger partial charge in [-0.25, -0.2) is 4.98 Å². The van der Waals surface area contributed by atoms with Gasteiger partial charge in [0.05, 0.1) is 0 Å². The third-order valence-corrected chi connectivity index (χ3v) is 4.22. The van der Waals surface area contributed by atoms with Crippen LogP contribution in [0.5, 0.6) is 0 Å². The zero-order chi connectivity index (χ0) is 15.7. The van der Waals surface area contributed by atoms with Crippen molar-refractivity contribution in [2.75, 3.05) is 37.6 Å². The normalized spacial score (nSPS) is 16.2. The fourth-order valence-electron chi connectivity index (χ4n) is 2.87. The van der Waals surface area contributed by atoms with E-state index < -0.39 is 0 Å². The Hall–Kier alpha value is -2.21. The summed E-state index contributed by atoms with van der Waals surface area (Å²) >= 11 is 0. The van der Waals surface area contributed by atoms with Gasteiger partial charge in [-0.3, -0.25) is 14.0 Å². The Morgan fingerprint density at radius 2 is 1.95 bits per heavy atom. The maximum atomic E-state index is 12.6. The van der Waals surface area contributed by atoms with Crippen molar-refractivity contribution in [1.29, 1.82) is 0 Å². The fourth-order valence-corrected chi connectivity index (χ4v) is 2.87. The molecule has 0 spiro atoms. The van der Waals surface area contributed by atoms with Crippen LogP contribution in [-0.4, -0.2) is 53.3 Å². The van der Waals surface area contributed by atoms with Gasteiger partial charge in [-0.15, -0.1) is 0 Å². The first kappa shape index (κ1) is 14.7. The summed E-state index contributed by atoms with van der Waals surface area (Å²) in [5.41, 5.74) is 1.39. The summed E-state index contributed by atoms with van der Waals surface area (Å²) in [6.07, 6.45) is 2.35. The Labute approximate surface area is 129 Å². The van der Waals surface area contributed by atoms with Gasteiger partial charge in [-0.05, 0) is 25.1 Å². The lowest BCUT2D eigenvalue weighted by atomic mass is 10.2. The summed E-state index contributed by atoms with van der Waals surface area (Å²) in [5.74, 6) is 0.514. The second-order valence-electron chi connectivity index (χ2n) is 5.63. The number of aryl methyl sites for hydroxylation is 1. The number of rotatable bonds is 3. The number of pyridine rings is 1. The van der Waals surface area contributed by atoms with Crippen molar-refractivity contribution in [2.45, 2.75) is 13.8 Å². The molecule has 6 nitrogen and oxygen atoms in total. The minimum absolute atomic E-state index is 0.146.